The fourth-order valence-corrected chi connectivity index (χ4v) is 1.24. The van der Waals surface area contributed by atoms with Crippen LogP contribution in [0.15, 0.2) is 24.7 Å². The first-order chi connectivity index (χ1) is 6.25. The van der Waals surface area contributed by atoms with E-state index >= 15 is 0 Å². The number of aryl methyl sites for hydroxylation is 2. The molecule has 0 aliphatic carbocycles. The number of aromatic nitrogens is 4. The first kappa shape index (κ1) is 8.04. The summed E-state index contributed by atoms with van der Waals surface area (Å²) >= 11 is 0. The third kappa shape index (κ3) is 1.61. The smallest absolute Gasteiger partial charge is 0.130 e. The Balaban J connectivity index is 2.19. The molecule has 2 aromatic rings. The minimum absolute atomic E-state index is 0.733. The summed E-state index contributed by atoms with van der Waals surface area (Å²) in [6, 6.07) is 1.99. The highest BCUT2D eigenvalue weighted by Crippen LogP contribution is 1.99. The minimum atomic E-state index is 0.733. The summed E-state index contributed by atoms with van der Waals surface area (Å²) in [6.45, 7) is 2.71. The fraction of sp³-hybridized carbons (Fsp3) is 0.333. The molecule has 0 unspecified atom stereocenters. The summed E-state index contributed by atoms with van der Waals surface area (Å²) in [5, 5.41) is 4.29. The third-order valence-corrected chi connectivity index (χ3v) is 2.00. The summed E-state index contributed by atoms with van der Waals surface area (Å²) in [5.74, 6) is 1.02. The van der Waals surface area contributed by atoms with Crippen molar-refractivity contribution in [2.24, 2.45) is 7.05 Å². The van der Waals surface area contributed by atoms with Gasteiger partial charge in [0.05, 0.1) is 12.2 Å². The van der Waals surface area contributed by atoms with Gasteiger partial charge in [-0.05, 0) is 13.0 Å². The van der Waals surface area contributed by atoms with Crippen LogP contribution < -0.4 is 0 Å². The lowest BCUT2D eigenvalue weighted by molar-refractivity contribution is 0.627. The maximum atomic E-state index is 4.29. The van der Waals surface area contributed by atoms with Gasteiger partial charge in [0.25, 0.3) is 0 Å². The third-order valence-electron chi connectivity index (χ3n) is 2.00. The van der Waals surface area contributed by atoms with E-state index in [1.165, 1.54) is 0 Å². The Kier molecular flexibility index (Phi) is 1.88. The van der Waals surface area contributed by atoms with Gasteiger partial charge in [-0.2, -0.15) is 5.10 Å². The Labute approximate surface area is 76.8 Å². The van der Waals surface area contributed by atoms with Crippen LogP contribution >= 0.6 is 0 Å². The zero-order valence-corrected chi connectivity index (χ0v) is 7.81. The number of imidazole rings is 1. The van der Waals surface area contributed by atoms with Gasteiger partial charge in [-0.3, -0.25) is 4.68 Å². The number of rotatable bonds is 2. The maximum absolute atomic E-state index is 4.29. The van der Waals surface area contributed by atoms with Gasteiger partial charge in [0.2, 0.25) is 0 Å². The molecule has 0 N–H and O–H groups in total. The van der Waals surface area contributed by atoms with Crippen molar-refractivity contribution in [3.8, 4) is 0 Å². The Hall–Kier alpha value is -1.58. The summed E-state index contributed by atoms with van der Waals surface area (Å²) < 4.78 is 3.88. The normalized spacial score (nSPS) is 10.6. The van der Waals surface area contributed by atoms with Crippen LogP contribution in [0.25, 0.3) is 0 Å². The Bertz CT molecular complexity index is 399. The van der Waals surface area contributed by atoms with Gasteiger partial charge in [0.15, 0.2) is 0 Å². The highest BCUT2D eigenvalue weighted by Gasteiger charge is 2.00. The van der Waals surface area contributed by atoms with Crippen molar-refractivity contribution in [1.29, 1.82) is 0 Å². The highest BCUT2D eigenvalue weighted by molar-refractivity contribution is 4.98. The fourth-order valence-electron chi connectivity index (χ4n) is 1.24. The van der Waals surface area contributed by atoms with Crippen molar-refractivity contribution in [2.45, 2.75) is 13.5 Å². The van der Waals surface area contributed by atoms with Crippen LogP contribution in [-0.2, 0) is 13.6 Å². The second-order valence-electron chi connectivity index (χ2n) is 3.11. The van der Waals surface area contributed by atoms with Crippen molar-refractivity contribution in [2.75, 3.05) is 0 Å². The van der Waals surface area contributed by atoms with Crippen LogP contribution in [-0.4, -0.2) is 19.3 Å². The molecule has 0 saturated heterocycles. The zero-order valence-electron chi connectivity index (χ0n) is 7.81. The molecule has 68 valence electrons. The van der Waals surface area contributed by atoms with Crippen molar-refractivity contribution in [3.63, 3.8) is 0 Å². The van der Waals surface area contributed by atoms with Gasteiger partial charge >= 0.3 is 0 Å². The monoisotopic (exact) mass is 176 g/mol. The molecule has 0 spiro atoms. The summed E-state index contributed by atoms with van der Waals surface area (Å²) in [5.41, 5.74) is 1.04. The first-order valence-electron chi connectivity index (χ1n) is 4.22. The number of nitrogens with zero attached hydrogens (tertiary/aromatic N) is 4. The maximum Gasteiger partial charge on any atom is 0.130 e. The van der Waals surface area contributed by atoms with E-state index in [0.717, 1.165) is 18.1 Å². The average molecular weight is 176 g/mol. The standard InChI is InChI=1S/C9H12N4/c1-8-3-5-13(11-8)7-9-10-4-6-12(9)2/h3-6H,7H2,1-2H3. The molecule has 4 heteroatoms. The van der Waals surface area contributed by atoms with Gasteiger partial charge in [-0.15, -0.1) is 0 Å². The Morgan fingerprint density at radius 2 is 2.23 bits per heavy atom. The number of hydrogen-bond donors (Lipinski definition) is 0. The van der Waals surface area contributed by atoms with Crippen LogP contribution in [0.2, 0.25) is 0 Å². The zero-order chi connectivity index (χ0) is 9.26. The van der Waals surface area contributed by atoms with E-state index in [9.17, 15) is 0 Å². The lowest BCUT2D eigenvalue weighted by Crippen LogP contribution is -2.06. The van der Waals surface area contributed by atoms with E-state index < -0.39 is 0 Å². The van der Waals surface area contributed by atoms with Crippen LogP contribution in [0.1, 0.15) is 11.5 Å². The van der Waals surface area contributed by atoms with Gasteiger partial charge in [-0.25, -0.2) is 4.98 Å². The molecule has 0 fully saturated rings. The van der Waals surface area contributed by atoms with Crippen molar-refractivity contribution < 1.29 is 0 Å². The van der Waals surface area contributed by atoms with E-state index in [1.807, 2.05) is 41.7 Å². The molecular weight excluding hydrogens is 164 g/mol. The van der Waals surface area contributed by atoms with Crippen LogP contribution in [0, 0.1) is 6.92 Å². The molecule has 2 aromatic heterocycles. The van der Waals surface area contributed by atoms with Crippen LogP contribution in [0.5, 0.6) is 0 Å². The van der Waals surface area contributed by atoms with Gasteiger partial charge < -0.3 is 4.57 Å². The van der Waals surface area contributed by atoms with E-state index in [1.54, 1.807) is 6.20 Å². The van der Waals surface area contributed by atoms with Gasteiger partial charge in [0, 0.05) is 25.6 Å². The van der Waals surface area contributed by atoms with E-state index in [0.29, 0.717) is 0 Å². The molecule has 0 bridgehead atoms. The van der Waals surface area contributed by atoms with E-state index in [2.05, 4.69) is 10.1 Å². The summed E-state index contributed by atoms with van der Waals surface area (Å²) in [6.07, 6.45) is 5.70. The molecule has 0 saturated carbocycles. The predicted octanol–water partition coefficient (Wildman–Crippen LogP) is 0.973. The lowest BCUT2D eigenvalue weighted by Gasteiger charge is -2.01. The quantitative estimate of drug-likeness (QED) is 0.683. The molecule has 13 heavy (non-hydrogen) atoms. The topological polar surface area (TPSA) is 35.6 Å². The van der Waals surface area contributed by atoms with Crippen LogP contribution in [0.4, 0.5) is 0 Å². The molecule has 0 radical (unpaired) electrons. The van der Waals surface area contributed by atoms with Crippen molar-refractivity contribution in [3.05, 3.63) is 36.2 Å². The SMILES string of the molecule is Cc1ccn(Cc2nccn2C)n1. The first-order valence-corrected chi connectivity index (χ1v) is 4.22. The molecule has 4 nitrogen and oxygen atoms in total. The minimum Gasteiger partial charge on any atom is -0.336 e. The summed E-state index contributed by atoms with van der Waals surface area (Å²) in [4.78, 5) is 4.22. The number of hydrogen-bond acceptors (Lipinski definition) is 2. The highest BCUT2D eigenvalue weighted by atomic mass is 15.3. The van der Waals surface area contributed by atoms with Crippen molar-refractivity contribution in [1.82, 2.24) is 19.3 Å². The predicted molar refractivity (Wildman–Crippen MR) is 49.3 cm³/mol. The second kappa shape index (κ2) is 3.05. The molecule has 0 amide bonds. The Morgan fingerprint density at radius 1 is 1.38 bits per heavy atom. The average Bonchev–Trinajstić information content (AvgIpc) is 2.64. The molecule has 0 aromatic carbocycles. The van der Waals surface area contributed by atoms with Gasteiger partial charge in [-0.1, -0.05) is 0 Å². The van der Waals surface area contributed by atoms with Crippen molar-refractivity contribution >= 4 is 0 Å². The largest absolute Gasteiger partial charge is 0.336 e. The van der Waals surface area contributed by atoms with E-state index in [4.69, 9.17) is 0 Å². The van der Waals surface area contributed by atoms with Gasteiger partial charge in [0.1, 0.15) is 5.82 Å². The molecule has 2 rings (SSSR count). The lowest BCUT2D eigenvalue weighted by atomic mass is 10.5. The van der Waals surface area contributed by atoms with Crippen LogP contribution in [0.3, 0.4) is 0 Å². The summed E-state index contributed by atoms with van der Waals surface area (Å²) in [7, 11) is 1.98. The molecule has 0 aliphatic heterocycles. The molecule has 0 aliphatic rings. The molecule has 0 atom stereocenters. The second-order valence-corrected chi connectivity index (χ2v) is 3.11. The molecule has 2 heterocycles. The Morgan fingerprint density at radius 3 is 2.77 bits per heavy atom. The van der Waals surface area contributed by atoms with E-state index in [-0.39, 0.29) is 0 Å². The molecular formula is C9H12N4.